The van der Waals surface area contributed by atoms with Gasteiger partial charge in [-0.15, -0.1) is 0 Å². The Morgan fingerprint density at radius 2 is 2.11 bits per heavy atom. The molecular formula is C21H24N4O2. The molecule has 3 aliphatic rings. The Balaban J connectivity index is 1.68. The molecule has 3 N–H and O–H groups in total. The lowest BCUT2D eigenvalue weighted by molar-refractivity contribution is 0.0411. The average molecular weight is 364 g/mol. The quantitative estimate of drug-likeness (QED) is 0.662. The summed E-state index contributed by atoms with van der Waals surface area (Å²) < 4.78 is 6.26. The molecule has 4 heterocycles. The Morgan fingerprint density at radius 3 is 3.00 bits per heavy atom. The summed E-state index contributed by atoms with van der Waals surface area (Å²) in [7, 11) is 0. The van der Waals surface area contributed by atoms with Crippen molar-refractivity contribution < 1.29 is 9.53 Å². The number of benzene rings is 1. The largest absolute Gasteiger partial charge is 0.357 e. The molecule has 6 heteroatoms. The third-order valence-electron chi connectivity index (χ3n) is 5.83. The van der Waals surface area contributed by atoms with Crippen LogP contribution in [0.15, 0.2) is 29.3 Å². The second-order valence-corrected chi connectivity index (χ2v) is 7.77. The van der Waals surface area contributed by atoms with E-state index in [-0.39, 0.29) is 18.2 Å². The molecular weight excluding hydrogens is 340 g/mol. The van der Waals surface area contributed by atoms with Crippen molar-refractivity contribution in [1.29, 1.82) is 0 Å². The summed E-state index contributed by atoms with van der Waals surface area (Å²) >= 11 is 0. The Kier molecular flexibility index (Phi) is 3.82. The molecule has 6 nitrogen and oxygen atoms in total. The highest BCUT2D eigenvalue weighted by atomic mass is 16.5. The number of nitrogens with zero attached hydrogens (tertiary/aromatic N) is 1. The fourth-order valence-electron chi connectivity index (χ4n) is 4.36. The van der Waals surface area contributed by atoms with E-state index in [0.717, 1.165) is 58.9 Å². The van der Waals surface area contributed by atoms with Crippen LogP contribution in [-0.2, 0) is 4.74 Å². The number of fused-ring (bicyclic) bond motifs is 3. The molecule has 3 aliphatic heterocycles. The van der Waals surface area contributed by atoms with Crippen molar-refractivity contribution in [3.8, 4) is 11.3 Å². The summed E-state index contributed by atoms with van der Waals surface area (Å²) in [6.07, 6.45) is 2.97. The molecule has 3 atom stereocenters. The number of rotatable bonds is 0. The molecule has 0 saturated heterocycles. The highest BCUT2D eigenvalue weighted by Gasteiger charge is 2.30. The van der Waals surface area contributed by atoms with E-state index in [1.807, 2.05) is 25.1 Å². The van der Waals surface area contributed by atoms with Crippen molar-refractivity contribution >= 4 is 23.0 Å². The molecule has 27 heavy (non-hydrogen) atoms. The van der Waals surface area contributed by atoms with Crippen molar-refractivity contribution in [3.05, 3.63) is 35.5 Å². The van der Waals surface area contributed by atoms with Gasteiger partial charge in [0.25, 0.3) is 5.91 Å². The molecule has 0 radical (unpaired) electrons. The Labute approximate surface area is 158 Å². The van der Waals surface area contributed by atoms with Crippen molar-refractivity contribution in [3.63, 3.8) is 0 Å². The van der Waals surface area contributed by atoms with Crippen molar-refractivity contribution in [1.82, 2.24) is 10.3 Å². The van der Waals surface area contributed by atoms with Gasteiger partial charge in [-0.05, 0) is 38.8 Å². The second-order valence-electron chi connectivity index (χ2n) is 7.77. The monoisotopic (exact) mass is 364 g/mol. The van der Waals surface area contributed by atoms with Crippen LogP contribution in [0.4, 0.5) is 11.4 Å². The number of aromatic amines is 1. The molecule has 4 bridgehead atoms. The fraction of sp³-hybridized carbons (Fsp3) is 0.429. The molecule has 0 saturated carbocycles. The maximum absolute atomic E-state index is 12.4. The van der Waals surface area contributed by atoms with Gasteiger partial charge in [-0.1, -0.05) is 18.6 Å². The molecule has 1 unspecified atom stereocenters. The summed E-state index contributed by atoms with van der Waals surface area (Å²) in [6, 6.07) is 8.05. The number of carbonyl (C=O) groups excluding carboxylic acids is 1. The molecule has 5 rings (SSSR count). The molecule has 140 valence electrons. The number of anilines is 1. The van der Waals surface area contributed by atoms with Crippen LogP contribution < -0.4 is 10.6 Å². The molecule has 0 aliphatic carbocycles. The lowest BCUT2D eigenvalue weighted by atomic mass is 9.92. The molecule has 1 amide bonds. The fourth-order valence-corrected chi connectivity index (χ4v) is 4.36. The van der Waals surface area contributed by atoms with Crippen LogP contribution in [0.3, 0.4) is 0 Å². The SMILES string of the molecule is CC1=Nc2cccc3c2NC1O[C@H](C)CCC[C@H]1CNC(=O)c2cc-3[nH]c21. The van der Waals surface area contributed by atoms with Gasteiger partial charge in [-0.25, -0.2) is 0 Å². The number of hydrogen-bond donors (Lipinski definition) is 3. The summed E-state index contributed by atoms with van der Waals surface area (Å²) in [4.78, 5) is 20.7. The topological polar surface area (TPSA) is 78.5 Å². The average Bonchev–Trinajstić information content (AvgIpc) is 3.09. The van der Waals surface area contributed by atoms with Crippen LogP contribution in [0, 0.1) is 0 Å². The standard InChI is InChI=1S/C21H24N4O2/c1-11-5-3-6-13-10-22-20(26)15-9-17(24-18(13)15)14-7-4-8-16-19(14)25-21(27-11)12(2)23-16/h4,7-9,11,13,21,24-25H,3,5-6,10H2,1-2H3,(H,22,26)/t11-,13+,21?/m1/s1. The van der Waals surface area contributed by atoms with Crippen molar-refractivity contribution in [2.24, 2.45) is 4.99 Å². The Hall–Kier alpha value is -2.60. The number of amides is 1. The second kappa shape index (κ2) is 6.23. The normalized spacial score (nSPS) is 26.7. The van der Waals surface area contributed by atoms with Gasteiger partial charge >= 0.3 is 0 Å². The van der Waals surface area contributed by atoms with Crippen LogP contribution in [0.1, 0.15) is 55.1 Å². The van der Waals surface area contributed by atoms with Gasteiger partial charge < -0.3 is 20.4 Å². The lowest BCUT2D eigenvalue weighted by Crippen LogP contribution is -2.36. The summed E-state index contributed by atoms with van der Waals surface area (Å²) in [5, 5.41) is 6.58. The smallest absolute Gasteiger partial charge is 0.253 e. The highest BCUT2D eigenvalue weighted by molar-refractivity contribution is 6.01. The summed E-state index contributed by atoms with van der Waals surface area (Å²) in [5.41, 5.74) is 6.60. The Morgan fingerprint density at radius 1 is 1.22 bits per heavy atom. The van der Waals surface area contributed by atoms with Crippen LogP contribution in [-0.4, -0.2) is 35.5 Å². The number of hydrogen-bond acceptors (Lipinski definition) is 4. The van der Waals surface area contributed by atoms with E-state index in [4.69, 9.17) is 9.73 Å². The number of nitrogens with one attached hydrogen (secondary N) is 3. The highest BCUT2D eigenvalue weighted by Crippen LogP contribution is 2.41. The summed E-state index contributed by atoms with van der Waals surface area (Å²) in [6.45, 7) is 4.81. The van der Waals surface area contributed by atoms with E-state index >= 15 is 0 Å². The van der Waals surface area contributed by atoms with Gasteiger partial charge in [0.05, 0.1) is 28.8 Å². The molecule has 0 spiro atoms. The zero-order chi connectivity index (χ0) is 18.5. The zero-order valence-corrected chi connectivity index (χ0v) is 15.6. The minimum Gasteiger partial charge on any atom is -0.357 e. The van der Waals surface area contributed by atoms with E-state index in [0.29, 0.717) is 12.5 Å². The number of carbonyl (C=O) groups is 1. The Bertz CT molecular complexity index is 946. The predicted molar refractivity (Wildman–Crippen MR) is 106 cm³/mol. The van der Waals surface area contributed by atoms with Crippen LogP contribution in [0.5, 0.6) is 0 Å². The maximum Gasteiger partial charge on any atom is 0.253 e. The zero-order valence-electron chi connectivity index (χ0n) is 15.6. The van der Waals surface area contributed by atoms with Gasteiger partial charge in [-0.2, -0.15) is 0 Å². The first-order valence-electron chi connectivity index (χ1n) is 9.72. The van der Waals surface area contributed by atoms with Gasteiger partial charge in [0.1, 0.15) is 0 Å². The van der Waals surface area contributed by atoms with E-state index in [1.165, 1.54) is 0 Å². The first-order chi connectivity index (χ1) is 13.1. The summed E-state index contributed by atoms with van der Waals surface area (Å²) in [5.74, 6) is 0.329. The minimum atomic E-state index is -0.227. The molecule has 0 fully saturated rings. The van der Waals surface area contributed by atoms with E-state index in [9.17, 15) is 4.79 Å². The van der Waals surface area contributed by atoms with Gasteiger partial charge in [0, 0.05) is 29.4 Å². The number of aromatic nitrogens is 1. The van der Waals surface area contributed by atoms with E-state index in [1.54, 1.807) is 0 Å². The van der Waals surface area contributed by atoms with Crippen LogP contribution in [0.25, 0.3) is 11.3 Å². The van der Waals surface area contributed by atoms with E-state index < -0.39 is 0 Å². The van der Waals surface area contributed by atoms with Crippen molar-refractivity contribution in [2.45, 2.75) is 51.4 Å². The first-order valence-corrected chi connectivity index (χ1v) is 9.72. The minimum absolute atomic E-state index is 0.0112. The molecule has 2 aromatic rings. The lowest BCUT2D eigenvalue weighted by Gasteiger charge is -2.29. The van der Waals surface area contributed by atoms with Gasteiger partial charge in [0.15, 0.2) is 6.23 Å². The van der Waals surface area contributed by atoms with E-state index in [2.05, 4.69) is 28.6 Å². The van der Waals surface area contributed by atoms with Crippen LogP contribution in [0.2, 0.25) is 0 Å². The third-order valence-corrected chi connectivity index (χ3v) is 5.83. The number of ether oxygens (including phenoxy) is 1. The predicted octanol–water partition coefficient (Wildman–Crippen LogP) is 3.94. The first kappa shape index (κ1) is 16.6. The van der Waals surface area contributed by atoms with Gasteiger partial charge in [0.2, 0.25) is 0 Å². The molecule has 1 aromatic heterocycles. The molecule has 1 aromatic carbocycles. The number of aliphatic imine (C=N–C) groups is 1. The maximum atomic E-state index is 12.4. The van der Waals surface area contributed by atoms with Crippen LogP contribution >= 0.6 is 0 Å². The number of H-pyrrole nitrogens is 1. The number of para-hydroxylation sites is 1. The van der Waals surface area contributed by atoms with Crippen molar-refractivity contribution in [2.75, 3.05) is 11.9 Å². The van der Waals surface area contributed by atoms with Gasteiger partial charge in [-0.3, -0.25) is 9.79 Å². The third kappa shape index (κ3) is 2.75.